The molecule has 3 aromatic rings. The van der Waals surface area contributed by atoms with E-state index in [4.69, 9.17) is 10.3 Å². The van der Waals surface area contributed by atoms with Gasteiger partial charge in [0, 0.05) is 4.91 Å². The quantitative estimate of drug-likeness (QED) is 0.254. The molecule has 5 heteroatoms. The van der Waals surface area contributed by atoms with Gasteiger partial charge in [0.05, 0.1) is 18.2 Å². The molecule has 1 N–H and O–H groups in total. The lowest BCUT2D eigenvalue weighted by molar-refractivity contribution is -0.122. The van der Waals surface area contributed by atoms with Crippen LogP contribution in [0.4, 0.5) is 0 Å². The monoisotopic (exact) mass is 399 g/mol. The summed E-state index contributed by atoms with van der Waals surface area (Å²) in [6.45, 7) is 0. The number of aliphatic hydroxyl groups is 1. The van der Waals surface area contributed by atoms with Gasteiger partial charge in [-0.15, -0.1) is 0 Å². The van der Waals surface area contributed by atoms with E-state index in [0.717, 1.165) is 23.1 Å². The van der Waals surface area contributed by atoms with E-state index in [2.05, 4.69) is 46.4 Å². The third-order valence-electron chi connectivity index (χ3n) is 5.83. The summed E-state index contributed by atoms with van der Waals surface area (Å²) in [6.07, 6.45) is 0.882. The molecule has 3 aromatic carbocycles. The molecular formula is C25H25N3O2. The van der Waals surface area contributed by atoms with Gasteiger partial charge in [-0.25, -0.2) is 0 Å². The van der Waals surface area contributed by atoms with Crippen molar-refractivity contribution in [3.05, 3.63) is 118 Å². The molecular weight excluding hydrogens is 374 g/mol. The van der Waals surface area contributed by atoms with Crippen molar-refractivity contribution in [2.75, 3.05) is 0 Å². The van der Waals surface area contributed by atoms with Gasteiger partial charge in [-0.3, -0.25) is 0 Å². The van der Waals surface area contributed by atoms with Gasteiger partial charge in [-0.2, -0.15) is 0 Å². The van der Waals surface area contributed by atoms with Crippen LogP contribution in [0.15, 0.2) is 96.1 Å². The SMILES string of the molecule is [N-]=[N+]=NC1CCC[C@@H](OC(c2ccccc2)(c2ccccc2)c2ccccc2)[C@@H]1O. The minimum absolute atomic E-state index is 0.463. The third kappa shape index (κ3) is 3.83. The number of benzene rings is 3. The highest BCUT2D eigenvalue weighted by molar-refractivity contribution is 5.47. The molecule has 1 fully saturated rings. The van der Waals surface area contributed by atoms with Gasteiger partial charge in [0.25, 0.3) is 0 Å². The first-order chi connectivity index (χ1) is 14.8. The number of azide groups is 1. The lowest BCUT2D eigenvalue weighted by atomic mass is 9.79. The van der Waals surface area contributed by atoms with Gasteiger partial charge >= 0.3 is 0 Å². The Balaban J connectivity index is 1.88. The predicted octanol–water partition coefficient (Wildman–Crippen LogP) is 5.59. The average molecular weight is 399 g/mol. The maximum Gasteiger partial charge on any atom is 0.144 e. The maximum atomic E-state index is 11.0. The first-order valence-electron chi connectivity index (χ1n) is 10.3. The van der Waals surface area contributed by atoms with Crippen LogP contribution >= 0.6 is 0 Å². The van der Waals surface area contributed by atoms with E-state index in [1.165, 1.54) is 0 Å². The summed E-state index contributed by atoms with van der Waals surface area (Å²) in [5.74, 6) is 0. The fourth-order valence-corrected chi connectivity index (χ4v) is 4.39. The van der Waals surface area contributed by atoms with E-state index in [1.807, 2.05) is 54.6 Å². The van der Waals surface area contributed by atoms with Crippen LogP contribution < -0.4 is 0 Å². The van der Waals surface area contributed by atoms with Gasteiger partial charge in [-0.05, 0) is 35.1 Å². The first-order valence-corrected chi connectivity index (χ1v) is 10.3. The van der Waals surface area contributed by atoms with Crippen molar-refractivity contribution in [1.82, 2.24) is 0 Å². The Morgan fingerprint density at radius 2 is 1.27 bits per heavy atom. The molecule has 4 rings (SSSR count). The second-order valence-corrected chi connectivity index (χ2v) is 7.63. The van der Waals surface area contributed by atoms with E-state index in [1.54, 1.807) is 0 Å². The Morgan fingerprint density at radius 1 is 0.800 bits per heavy atom. The summed E-state index contributed by atoms with van der Waals surface area (Å²) < 4.78 is 6.89. The lowest BCUT2D eigenvalue weighted by Crippen LogP contribution is -2.47. The van der Waals surface area contributed by atoms with Gasteiger partial charge in [0.15, 0.2) is 0 Å². The number of rotatable bonds is 6. The van der Waals surface area contributed by atoms with Crippen LogP contribution in [0.5, 0.6) is 0 Å². The van der Waals surface area contributed by atoms with E-state index >= 15 is 0 Å². The Labute approximate surface area is 176 Å². The number of hydrogen-bond acceptors (Lipinski definition) is 3. The summed E-state index contributed by atoms with van der Waals surface area (Å²) in [7, 11) is 0. The van der Waals surface area contributed by atoms with Crippen LogP contribution in [0.2, 0.25) is 0 Å². The van der Waals surface area contributed by atoms with Crippen molar-refractivity contribution in [3.63, 3.8) is 0 Å². The molecule has 0 bridgehead atoms. The van der Waals surface area contributed by atoms with Crippen LogP contribution in [0.1, 0.15) is 36.0 Å². The molecule has 1 aliphatic carbocycles. The predicted molar refractivity (Wildman–Crippen MR) is 117 cm³/mol. The number of nitrogens with zero attached hydrogens (tertiary/aromatic N) is 3. The summed E-state index contributed by atoms with van der Waals surface area (Å²) >= 11 is 0. The minimum atomic E-state index is -0.895. The average Bonchev–Trinajstić information content (AvgIpc) is 2.82. The van der Waals surface area contributed by atoms with Gasteiger partial charge < -0.3 is 9.84 Å². The summed E-state index contributed by atoms with van der Waals surface area (Å²) in [5, 5.41) is 14.8. The Bertz CT molecular complexity index is 892. The van der Waals surface area contributed by atoms with Crippen LogP contribution in [-0.4, -0.2) is 23.4 Å². The summed E-state index contributed by atoms with van der Waals surface area (Å²) in [4.78, 5) is 2.92. The molecule has 1 aliphatic rings. The van der Waals surface area contributed by atoms with Crippen LogP contribution in [0.25, 0.3) is 10.4 Å². The highest BCUT2D eigenvalue weighted by Gasteiger charge is 2.43. The molecule has 3 atom stereocenters. The van der Waals surface area contributed by atoms with E-state index in [-0.39, 0.29) is 0 Å². The number of hydrogen-bond donors (Lipinski definition) is 1. The topological polar surface area (TPSA) is 78.2 Å². The Morgan fingerprint density at radius 3 is 1.70 bits per heavy atom. The van der Waals surface area contributed by atoms with Gasteiger partial charge in [0.1, 0.15) is 5.60 Å². The molecule has 5 nitrogen and oxygen atoms in total. The number of ether oxygens (including phenoxy) is 1. The first kappa shape index (κ1) is 20.2. The maximum absolute atomic E-state index is 11.0. The van der Waals surface area contributed by atoms with Gasteiger partial charge in [0.2, 0.25) is 0 Å². The third-order valence-corrected chi connectivity index (χ3v) is 5.83. The largest absolute Gasteiger partial charge is 0.390 e. The molecule has 0 amide bonds. The fraction of sp³-hybridized carbons (Fsp3) is 0.280. The highest BCUT2D eigenvalue weighted by Crippen LogP contribution is 2.43. The minimum Gasteiger partial charge on any atom is -0.390 e. The zero-order chi connectivity index (χ0) is 20.8. The lowest BCUT2D eigenvalue weighted by Gasteiger charge is -2.42. The van der Waals surface area contributed by atoms with Crippen molar-refractivity contribution >= 4 is 0 Å². The zero-order valence-corrected chi connectivity index (χ0v) is 16.7. The molecule has 152 valence electrons. The number of aliphatic hydroxyl groups excluding tert-OH is 1. The van der Waals surface area contributed by atoms with Crippen LogP contribution in [-0.2, 0) is 10.3 Å². The molecule has 1 saturated carbocycles. The zero-order valence-electron chi connectivity index (χ0n) is 16.7. The van der Waals surface area contributed by atoms with Crippen LogP contribution in [0.3, 0.4) is 0 Å². The van der Waals surface area contributed by atoms with Gasteiger partial charge in [-0.1, -0.05) is 103 Å². The van der Waals surface area contributed by atoms with Crippen molar-refractivity contribution in [2.45, 2.75) is 43.1 Å². The Hall–Kier alpha value is -3.11. The fourth-order valence-electron chi connectivity index (χ4n) is 4.39. The molecule has 0 saturated heterocycles. The molecule has 1 unspecified atom stereocenters. The molecule has 30 heavy (non-hydrogen) atoms. The summed E-state index contributed by atoms with van der Waals surface area (Å²) in [6, 6.07) is 29.8. The standard InChI is InChI=1S/C25H25N3O2/c26-28-27-22-17-10-18-23(24(22)29)30-25(19-11-4-1-5-12-19,20-13-6-2-7-14-20)21-15-8-3-9-16-21/h1-9,11-16,22-24,29H,10,17-18H2/t22?,23-,24-/m1/s1. The highest BCUT2D eigenvalue weighted by atomic mass is 16.5. The molecule has 0 radical (unpaired) electrons. The molecule has 0 aliphatic heterocycles. The van der Waals surface area contributed by atoms with Crippen LogP contribution in [0, 0.1) is 0 Å². The van der Waals surface area contributed by atoms with E-state index in [0.29, 0.717) is 12.8 Å². The molecule has 0 aromatic heterocycles. The normalized spacial score (nSPS) is 21.6. The Kier molecular flexibility index (Phi) is 6.15. The van der Waals surface area contributed by atoms with E-state index < -0.39 is 23.9 Å². The summed E-state index contributed by atoms with van der Waals surface area (Å²) in [5.41, 5.74) is 11.0. The van der Waals surface area contributed by atoms with Crippen molar-refractivity contribution in [3.8, 4) is 0 Å². The van der Waals surface area contributed by atoms with Crippen molar-refractivity contribution < 1.29 is 9.84 Å². The molecule has 0 spiro atoms. The second kappa shape index (κ2) is 9.14. The molecule has 0 heterocycles. The van der Waals surface area contributed by atoms with Crippen molar-refractivity contribution in [2.24, 2.45) is 5.11 Å². The smallest absolute Gasteiger partial charge is 0.144 e. The second-order valence-electron chi connectivity index (χ2n) is 7.63. The van der Waals surface area contributed by atoms with E-state index in [9.17, 15) is 5.11 Å². The van der Waals surface area contributed by atoms with Crippen molar-refractivity contribution in [1.29, 1.82) is 0 Å².